The SMILES string of the molecule is Cc1n[nH]c(C)c1NC(=O)C1(N)CC1. The lowest BCUT2D eigenvalue weighted by atomic mass is 10.2. The van der Waals surface area contributed by atoms with E-state index in [-0.39, 0.29) is 5.91 Å². The van der Waals surface area contributed by atoms with Crippen LogP contribution in [-0.4, -0.2) is 21.6 Å². The highest BCUT2D eigenvalue weighted by atomic mass is 16.2. The summed E-state index contributed by atoms with van der Waals surface area (Å²) in [6.07, 6.45) is 1.55. The van der Waals surface area contributed by atoms with Gasteiger partial charge in [0.15, 0.2) is 0 Å². The molecule has 1 heterocycles. The van der Waals surface area contributed by atoms with E-state index in [1.165, 1.54) is 0 Å². The van der Waals surface area contributed by atoms with E-state index in [4.69, 9.17) is 5.73 Å². The number of nitrogens with two attached hydrogens (primary N) is 1. The maximum atomic E-state index is 11.6. The zero-order valence-electron chi connectivity index (χ0n) is 8.35. The van der Waals surface area contributed by atoms with Crippen molar-refractivity contribution in [1.82, 2.24) is 10.2 Å². The van der Waals surface area contributed by atoms with E-state index in [0.29, 0.717) is 0 Å². The first kappa shape index (κ1) is 9.21. The summed E-state index contributed by atoms with van der Waals surface area (Å²) in [5.41, 5.74) is 7.54. The summed E-state index contributed by atoms with van der Waals surface area (Å²) in [5, 5.41) is 9.60. The fourth-order valence-corrected chi connectivity index (χ4v) is 1.33. The second-order valence-corrected chi connectivity index (χ2v) is 3.92. The maximum Gasteiger partial charge on any atom is 0.244 e. The third-order valence-electron chi connectivity index (χ3n) is 2.61. The third-order valence-corrected chi connectivity index (χ3v) is 2.61. The van der Waals surface area contributed by atoms with Gasteiger partial charge in [-0.3, -0.25) is 9.89 Å². The highest BCUT2D eigenvalue weighted by Gasteiger charge is 2.46. The zero-order valence-corrected chi connectivity index (χ0v) is 8.35. The summed E-state index contributed by atoms with van der Waals surface area (Å²) in [7, 11) is 0. The van der Waals surface area contributed by atoms with Crippen molar-refractivity contribution >= 4 is 11.6 Å². The molecule has 4 N–H and O–H groups in total. The Kier molecular flexibility index (Phi) is 1.85. The minimum atomic E-state index is -0.629. The van der Waals surface area contributed by atoms with Crippen LogP contribution in [0.1, 0.15) is 24.2 Å². The van der Waals surface area contributed by atoms with E-state index < -0.39 is 5.54 Å². The number of aryl methyl sites for hydroxylation is 2. The molecule has 0 aromatic carbocycles. The van der Waals surface area contributed by atoms with Crippen LogP contribution in [0.4, 0.5) is 5.69 Å². The van der Waals surface area contributed by atoms with Gasteiger partial charge in [0, 0.05) is 0 Å². The standard InChI is InChI=1S/C9H14N4O/c1-5-7(6(2)13-12-5)11-8(14)9(10)3-4-9/h3-4,10H2,1-2H3,(H,11,14)(H,12,13). The molecule has 14 heavy (non-hydrogen) atoms. The second-order valence-electron chi connectivity index (χ2n) is 3.92. The number of nitrogens with zero attached hydrogens (tertiary/aromatic N) is 1. The molecule has 1 aliphatic carbocycles. The van der Waals surface area contributed by atoms with Gasteiger partial charge in [-0.15, -0.1) is 0 Å². The summed E-state index contributed by atoms with van der Waals surface area (Å²) in [6, 6.07) is 0. The molecular weight excluding hydrogens is 180 g/mol. The molecule has 1 fully saturated rings. The van der Waals surface area contributed by atoms with Crippen LogP contribution in [0.25, 0.3) is 0 Å². The summed E-state index contributed by atoms with van der Waals surface area (Å²) >= 11 is 0. The Bertz CT molecular complexity index is 359. The molecule has 1 aromatic heterocycles. The highest BCUT2D eigenvalue weighted by molar-refractivity contribution is 6.00. The second kappa shape index (κ2) is 2.81. The predicted octanol–water partition coefficient (Wildman–Crippen LogP) is 0.456. The number of amides is 1. The molecule has 0 bridgehead atoms. The molecule has 1 amide bonds. The van der Waals surface area contributed by atoms with Gasteiger partial charge in [0.1, 0.15) is 0 Å². The molecular formula is C9H14N4O. The fourth-order valence-electron chi connectivity index (χ4n) is 1.33. The maximum absolute atomic E-state index is 11.6. The lowest BCUT2D eigenvalue weighted by molar-refractivity contribution is -0.118. The minimum Gasteiger partial charge on any atom is -0.321 e. The molecule has 1 saturated carbocycles. The van der Waals surface area contributed by atoms with Gasteiger partial charge in [-0.1, -0.05) is 0 Å². The Morgan fingerprint density at radius 2 is 2.21 bits per heavy atom. The zero-order chi connectivity index (χ0) is 10.3. The van der Waals surface area contributed by atoms with Gasteiger partial charge < -0.3 is 11.1 Å². The Morgan fingerprint density at radius 3 is 2.64 bits per heavy atom. The third kappa shape index (κ3) is 1.39. The number of anilines is 1. The van der Waals surface area contributed by atoms with Gasteiger partial charge in [-0.2, -0.15) is 5.10 Å². The highest BCUT2D eigenvalue weighted by Crippen LogP contribution is 2.33. The molecule has 5 nitrogen and oxygen atoms in total. The molecule has 0 unspecified atom stereocenters. The van der Waals surface area contributed by atoms with Gasteiger partial charge in [-0.25, -0.2) is 0 Å². The molecule has 5 heteroatoms. The number of aromatic amines is 1. The largest absolute Gasteiger partial charge is 0.321 e. The first-order valence-electron chi connectivity index (χ1n) is 4.65. The fraction of sp³-hybridized carbons (Fsp3) is 0.556. The number of aromatic nitrogens is 2. The van der Waals surface area contributed by atoms with Crippen LogP contribution in [-0.2, 0) is 4.79 Å². The molecule has 1 aromatic rings. The summed E-state index contributed by atoms with van der Waals surface area (Å²) in [5.74, 6) is -0.106. The minimum absolute atomic E-state index is 0.106. The number of nitrogens with one attached hydrogen (secondary N) is 2. The van der Waals surface area contributed by atoms with Crippen molar-refractivity contribution in [3.05, 3.63) is 11.4 Å². The molecule has 0 spiro atoms. The quantitative estimate of drug-likeness (QED) is 0.639. The monoisotopic (exact) mass is 194 g/mol. The van der Waals surface area contributed by atoms with Crippen molar-refractivity contribution in [2.24, 2.45) is 5.73 Å². The van der Waals surface area contributed by atoms with Crippen LogP contribution < -0.4 is 11.1 Å². The first-order chi connectivity index (χ1) is 6.53. The lowest BCUT2D eigenvalue weighted by Crippen LogP contribution is -2.38. The molecule has 0 saturated heterocycles. The number of carbonyl (C=O) groups excluding carboxylic acids is 1. The van der Waals surface area contributed by atoms with Gasteiger partial charge in [-0.05, 0) is 26.7 Å². The molecule has 0 atom stereocenters. The van der Waals surface area contributed by atoms with Crippen molar-refractivity contribution < 1.29 is 4.79 Å². The van der Waals surface area contributed by atoms with Crippen LogP contribution >= 0.6 is 0 Å². The molecule has 0 radical (unpaired) electrons. The number of rotatable bonds is 2. The van der Waals surface area contributed by atoms with E-state index in [9.17, 15) is 4.79 Å². The molecule has 0 aliphatic heterocycles. The van der Waals surface area contributed by atoms with Crippen molar-refractivity contribution in [2.75, 3.05) is 5.32 Å². The Morgan fingerprint density at radius 1 is 1.57 bits per heavy atom. The number of hydrogen-bond acceptors (Lipinski definition) is 3. The summed E-state index contributed by atoms with van der Waals surface area (Å²) < 4.78 is 0. The summed E-state index contributed by atoms with van der Waals surface area (Å²) in [4.78, 5) is 11.6. The van der Waals surface area contributed by atoms with Crippen LogP contribution in [0.15, 0.2) is 0 Å². The van der Waals surface area contributed by atoms with Crippen LogP contribution in [0.3, 0.4) is 0 Å². The first-order valence-corrected chi connectivity index (χ1v) is 4.65. The average Bonchev–Trinajstić information content (AvgIpc) is 2.82. The Hall–Kier alpha value is -1.36. The van der Waals surface area contributed by atoms with Gasteiger partial charge in [0.25, 0.3) is 0 Å². The van der Waals surface area contributed by atoms with Crippen molar-refractivity contribution in [1.29, 1.82) is 0 Å². The van der Waals surface area contributed by atoms with Crippen LogP contribution in [0, 0.1) is 13.8 Å². The Labute approximate surface area is 82.1 Å². The number of H-pyrrole nitrogens is 1. The summed E-state index contributed by atoms with van der Waals surface area (Å²) in [6.45, 7) is 3.71. The topological polar surface area (TPSA) is 83.8 Å². The lowest BCUT2D eigenvalue weighted by Gasteiger charge is -2.09. The number of carbonyl (C=O) groups is 1. The number of hydrogen-bond donors (Lipinski definition) is 3. The molecule has 76 valence electrons. The van der Waals surface area contributed by atoms with Crippen molar-refractivity contribution in [3.63, 3.8) is 0 Å². The van der Waals surface area contributed by atoms with E-state index in [1.807, 2.05) is 13.8 Å². The van der Waals surface area contributed by atoms with E-state index in [0.717, 1.165) is 29.9 Å². The van der Waals surface area contributed by atoms with Gasteiger partial charge >= 0.3 is 0 Å². The van der Waals surface area contributed by atoms with Crippen LogP contribution in [0.5, 0.6) is 0 Å². The molecule has 1 aliphatic rings. The van der Waals surface area contributed by atoms with E-state index in [2.05, 4.69) is 15.5 Å². The molecule has 2 rings (SSSR count). The average molecular weight is 194 g/mol. The van der Waals surface area contributed by atoms with E-state index >= 15 is 0 Å². The van der Waals surface area contributed by atoms with Crippen molar-refractivity contribution in [3.8, 4) is 0 Å². The normalized spacial score (nSPS) is 17.9. The van der Waals surface area contributed by atoms with Gasteiger partial charge in [0.05, 0.1) is 22.6 Å². The van der Waals surface area contributed by atoms with Crippen LogP contribution in [0.2, 0.25) is 0 Å². The van der Waals surface area contributed by atoms with E-state index in [1.54, 1.807) is 0 Å². The smallest absolute Gasteiger partial charge is 0.244 e. The predicted molar refractivity (Wildman–Crippen MR) is 52.8 cm³/mol. The van der Waals surface area contributed by atoms with Gasteiger partial charge in [0.2, 0.25) is 5.91 Å². The van der Waals surface area contributed by atoms with Crippen molar-refractivity contribution in [2.45, 2.75) is 32.2 Å². The Balaban J connectivity index is 2.14.